The minimum atomic E-state index is -0.250. The van der Waals surface area contributed by atoms with Gasteiger partial charge in [-0.3, -0.25) is 9.59 Å². The van der Waals surface area contributed by atoms with Crippen LogP contribution in [-0.4, -0.2) is 35.5 Å². The Balaban J connectivity index is -0.000000176. The van der Waals surface area contributed by atoms with Gasteiger partial charge in [-0.05, 0) is 12.8 Å². The third kappa shape index (κ3) is 15.7. The highest BCUT2D eigenvalue weighted by atomic mass is 16.3. The molecule has 1 fully saturated rings. The molecule has 0 saturated carbocycles. The number of rotatable bonds is 0. The zero-order chi connectivity index (χ0) is 12.7. The van der Waals surface area contributed by atoms with Crippen molar-refractivity contribution in [1.29, 1.82) is 0 Å². The summed E-state index contributed by atoms with van der Waals surface area (Å²) in [5.41, 5.74) is 0. The molecule has 1 aliphatic heterocycles. The van der Waals surface area contributed by atoms with Gasteiger partial charge < -0.3 is 10.0 Å². The lowest BCUT2D eigenvalue weighted by Crippen LogP contribution is -2.24. The summed E-state index contributed by atoms with van der Waals surface area (Å²) in [6.07, 6.45) is 2.39. The lowest BCUT2D eigenvalue weighted by molar-refractivity contribution is -0.127. The summed E-state index contributed by atoms with van der Waals surface area (Å²) < 4.78 is 0. The van der Waals surface area contributed by atoms with E-state index in [1.54, 1.807) is 6.92 Å². The summed E-state index contributed by atoms with van der Waals surface area (Å²) in [5.74, 6) is 0.225. The molecule has 0 aromatic heterocycles. The summed E-state index contributed by atoms with van der Waals surface area (Å²) in [5, 5.41) is 6.89. The molecular formula is C11H25NO3. The Morgan fingerprint density at radius 2 is 1.40 bits per heavy atom. The van der Waals surface area contributed by atoms with E-state index in [-0.39, 0.29) is 12.4 Å². The van der Waals surface area contributed by atoms with E-state index in [2.05, 4.69) is 0 Å². The molecule has 1 rings (SSSR count). The molecule has 1 saturated heterocycles. The number of hydrogen-bond acceptors (Lipinski definition) is 2. The van der Waals surface area contributed by atoms with Gasteiger partial charge in [0, 0.05) is 20.0 Å². The smallest absolute Gasteiger partial charge is 0.290 e. The van der Waals surface area contributed by atoms with Crippen molar-refractivity contribution in [2.75, 3.05) is 13.1 Å². The first-order chi connectivity index (χ1) is 7.22. The van der Waals surface area contributed by atoms with Crippen LogP contribution in [0.15, 0.2) is 0 Å². The van der Waals surface area contributed by atoms with Crippen LogP contribution in [0, 0.1) is 0 Å². The molecule has 0 atom stereocenters. The molecule has 4 nitrogen and oxygen atoms in total. The average molecular weight is 219 g/mol. The third-order valence-corrected chi connectivity index (χ3v) is 1.55. The minimum Gasteiger partial charge on any atom is -0.483 e. The fraction of sp³-hybridized carbons (Fsp3) is 0.818. The van der Waals surface area contributed by atoms with Crippen molar-refractivity contribution in [3.8, 4) is 0 Å². The van der Waals surface area contributed by atoms with E-state index in [0.29, 0.717) is 0 Å². The second-order valence-corrected chi connectivity index (χ2v) is 2.32. The largest absolute Gasteiger partial charge is 0.483 e. The topological polar surface area (TPSA) is 57.6 Å². The first kappa shape index (κ1) is 19.5. The van der Waals surface area contributed by atoms with Crippen molar-refractivity contribution < 1.29 is 14.7 Å². The molecule has 15 heavy (non-hydrogen) atoms. The van der Waals surface area contributed by atoms with Gasteiger partial charge in [0.25, 0.3) is 6.47 Å². The Bertz CT molecular complexity index is 132. The number of carbonyl (C=O) groups is 2. The van der Waals surface area contributed by atoms with Crippen LogP contribution in [0.3, 0.4) is 0 Å². The van der Waals surface area contributed by atoms with E-state index < -0.39 is 0 Å². The van der Waals surface area contributed by atoms with Crippen molar-refractivity contribution in [3.63, 3.8) is 0 Å². The van der Waals surface area contributed by atoms with Crippen LogP contribution in [0.2, 0.25) is 0 Å². The van der Waals surface area contributed by atoms with Crippen LogP contribution < -0.4 is 0 Å². The zero-order valence-electron chi connectivity index (χ0n) is 10.6. The number of hydrogen-bond donors (Lipinski definition) is 1. The van der Waals surface area contributed by atoms with Gasteiger partial charge in [-0.25, -0.2) is 0 Å². The van der Waals surface area contributed by atoms with Crippen LogP contribution >= 0.6 is 0 Å². The van der Waals surface area contributed by atoms with Crippen LogP contribution in [0.4, 0.5) is 0 Å². The fourth-order valence-electron chi connectivity index (χ4n) is 1.03. The molecule has 1 amide bonds. The Labute approximate surface area is 93.3 Å². The van der Waals surface area contributed by atoms with Crippen LogP contribution in [0.5, 0.6) is 0 Å². The minimum absolute atomic E-state index is 0.225. The molecule has 0 radical (unpaired) electrons. The van der Waals surface area contributed by atoms with E-state index in [9.17, 15) is 4.79 Å². The van der Waals surface area contributed by atoms with Crippen molar-refractivity contribution >= 4 is 12.4 Å². The summed E-state index contributed by atoms with van der Waals surface area (Å²) in [6.45, 7) is 11.3. The quantitative estimate of drug-likeness (QED) is 0.636. The first-order valence-corrected chi connectivity index (χ1v) is 5.55. The highest BCUT2D eigenvalue weighted by molar-refractivity contribution is 5.73. The molecule has 4 heteroatoms. The van der Waals surface area contributed by atoms with Crippen molar-refractivity contribution in [3.05, 3.63) is 0 Å². The predicted molar refractivity (Wildman–Crippen MR) is 62.9 cm³/mol. The van der Waals surface area contributed by atoms with Gasteiger partial charge in [0.1, 0.15) is 0 Å². The summed E-state index contributed by atoms with van der Waals surface area (Å²) in [4.78, 5) is 20.8. The van der Waals surface area contributed by atoms with Gasteiger partial charge in [-0.1, -0.05) is 27.7 Å². The SMILES string of the molecule is CC.CC.CC(=O)N1CCCC1.O=CO. The Morgan fingerprint density at radius 1 is 1.13 bits per heavy atom. The molecule has 1 N–H and O–H groups in total. The van der Waals surface area contributed by atoms with Crippen LogP contribution in [0.1, 0.15) is 47.5 Å². The summed E-state index contributed by atoms with van der Waals surface area (Å²) >= 11 is 0. The Hall–Kier alpha value is -1.06. The number of carboxylic acid groups (broad SMARTS) is 1. The second-order valence-electron chi connectivity index (χ2n) is 2.32. The number of carbonyl (C=O) groups excluding carboxylic acids is 1. The van der Waals surface area contributed by atoms with Crippen LogP contribution in [0.25, 0.3) is 0 Å². The fourth-order valence-corrected chi connectivity index (χ4v) is 1.03. The molecular weight excluding hydrogens is 194 g/mol. The molecule has 1 heterocycles. The van der Waals surface area contributed by atoms with Gasteiger partial charge in [-0.2, -0.15) is 0 Å². The summed E-state index contributed by atoms with van der Waals surface area (Å²) in [7, 11) is 0. The van der Waals surface area contributed by atoms with E-state index in [1.165, 1.54) is 12.8 Å². The maximum Gasteiger partial charge on any atom is 0.290 e. The van der Waals surface area contributed by atoms with Crippen molar-refractivity contribution in [1.82, 2.24) is 4.90 Å². The zero-order valence-corrected chi connectivity index (χ0v) is 10.6. The van der Waals surface area contributed by atoms with Crippen molar-refractivity contribution in [2.45, 2.75) is 47.5 Å². The standard InChI is InChI=1S/C6H11NO.2C2H6.CH2O2/c1-6(8)7-4-2-3-5-7;2*1-2;2-1-3/h2-5H2,1H3;2*1-2H3;1H,(H,2,3). The molecule has 0 aromatic carbocycles. The van der Waals surface area contributed by atoms with Crippen molar-refractivity contribution in [2.24, 2.45) is 0 Å². The summed E-state index contributed by atoms with van der Waals surface area (Å²) in [6, 6.07) is 0. The monoisotopic (exact) mass is 219 g/mol. The lowest BCUT2D eigenvalue weighted by Gasteiger charge is -2.10. The van der Waals surface area contributed by atoms with Gasteiger partial charge in [0.15, 0.2) is 0 Å². The Kier molecular flexibility index (Phi) is 24.3. The average Bonchev–Trinajstić information content (AvgIpc) is 2.78. The second kappa shape index (κ2) is 18.7. The maximum absolute atomic E-state index is 10.6. The Morgan fingerprint density at radius 3 is 1.53 bits per heavy atom. The number of amides is 1. The van der Waals surface area contributed by atoms with Gasteiger partial charge in [-0.15, -0.1) is 0 Å². The van der Waals surface area contributed by atoms with E-state index in [0.717, 1.165) is 13.1 Å². The highest BCUT2D eigenvalue weighted by Crippen LogP contribution is 2.05. The van der Waals surface area contributed by atoms with Gasteiger partial charge in [0.05, 0.1) is 0 Å². The predicted octanol–water partition coefficient (Wildman–Crippen LogP) is 2.38. The third-order valence-electron chi connectivity index (χ3n) is 1.55. The number of likely N-dealkylation sites (tertiary alicyclic amines) is 1. The molecule has 92 valence electrons. The lowest BCUT2D eigenvalue weighted by atomic mass is 10.4. The van der Waals surface area contributed by atoms with Crippen LogP contribution in [-0.2, 0) is 9.59 Å². The molecule has 0 bridgehead atoms. The van der Waals surface area contributed by atoms with E-state index in [4.69, 9.17) is 9.90 Å². The molecule has 0 aromatic rings. The van der Waals surface area contributed by atoms with Gasteiger partial charge >= 0.3 is 0 Å². The van der Waals surface area contributed by atoms with E-state index >= 15 is 0 Å². The molecule has 0 aliphatic carbocycles. The molecule has 0 spiro atoms. The highest BCUT2D eigenvalue weighted by Gasteiger charge is 2.12. The molecule has 1 aliphatic rings. The van der Waals surface area contributed by atoms with Gasteiger partial charge in [0.2, 0.25) is 5.91 Å². The normalized spacial score (nSPS) is 11.9. The molecule has 0 unspecified atom stereocenters. The first-order valence-electron chi connectivity index (χ1n) is 5.55. The number of nitrogens with zero attached hydrogens (tertiary/aromatic N) is 1. The maximum atomic E-state index is 10.6. The van der Waals surface area contributed by atoms with E-state index in [1.807, 2.05) is 32.6 Å².